The van der Waals surface area contributed by atoms with Gasteiger partial charge in [0.15, 0.2) is 0 Å². The zero-order chi connectivity index (χ0) is 39.2. The molecule has 0 saturated heterocycles. The Labute approximate surface area is 329 Å². The van der Waals surface area contributed by atoms with Crippen molar-refractivity contribution in [3.05, 3.63) is 118 Å². The predicted molar refractivity (Wildman–Crippen MR) is 239 cm³/mol. The fraction of sp³-hybridized carbons (Fsp3) is 0.280. The lowest BCUT2D eigenvalue weighted by Crippen LogP contribution is -1.96. The van der Waals surface area contributed by atoms with Crippen LogP contribution in [0.3, 0.4) is 0 Å². The molecule has 282 valence electrons. The van der Waals surface area contributed by atoms with Crippen LogP contribution in [0.5, 0.6) is 0 Å². The average Bonchev–Trinajstić information content (AvgIpc) is 4.01. The van der Waals surface area contributed by atoms with E-state index >= 15 is 0 Å². The first-order valence-corrected chi connectivity index (χ1v) is 20.4. The van der Waals surface area contributed by atoms with Gasteiger partial charge in [-0.3, -0.25) is 0 Å². The summed E-state index contributed by atoms with van der Waals surface area (Å²) in [6, 6.07) is 26.7. The Balaban J connectivity index is 1.53. The monoisotopic (exact) mass is 736 g/mol. The molecule has 0 saturated carbocycles. The van der Waals surface area contributed by atoms with Crippen molar-refractivity contribution in [2.45, 2.75) is 81.1 Å². The van der Waals surface area contributed by atoms with Crippen LogP contribution in [-0.4, -0.2) is 29.1 Å². The van der Waals surface area contributed by atoms with Crippen LogP contribution in [0.15, 0.2) is 72.8 Å². The van der Waals surface area contributed by atoms with Crippen LogP contribution in [0.1, 0.15) is 99.4 Å². The van der Waals surface area contributed by atoms with Crippen LogP contribution in [0.4, 0.5) is 0 Å². The Bertz CT molecular complexity index is 2810. The number of para-hydroxylation sites is 2. The highest BCUT2D eigenvalue weighted by molar-refractivity contribution is 6.05. The molecule has 2 aromatic carbocycles. The van der Waals surface area contributed by atoms with Gasteiger partial charge in [0, 0.05) is 58.1 Å². The van der Waals surface area contributed by atoms with Crippen LogP contribution >= 0.6 is 0 Å². The molecule has 56 heavy (non-hydrogen) atoms. The van der Waals surface area contributed by atoms with Crippen molar-refractivity contribution >= 4 is 66.2 Å². The lowest BCUT2D eigenvalue weighted by molar-refractivity contribution is 0.977. The Morgan fingerprint density at radius 3 is 1.27 bits per heavy atom. The third-order valence-corrected chi connectivity index (χ3v) is 12.9. The number of allylic oxidation sites excluding steroid dienone is 4. The van der Waals surface area contributed by atoms with Crippen molar-refractivity contribution in [2.75, 3.05) is 0 Å². The van der Waals surface area contributed by atoms with Crippen molar-refractivity contribution in [1.29, 1.82) is 0 Å². The quantitative estimate of drug-likeness (QED) is 0.178. The van der Waals surface area contributed by atoms with Crippen molar-refractivity contribution < 1.29 is 0 Å². The van der Waals surface area contributed by atoms with Gasteiger partial charge in [-0.1, -0.05) is 64.1 Å². The minimum absolute atomic E-state index is 0.885. The van der Waals surface area contributed by atoms with Crippen LogP contribution in [0, 0.1) is 13.8 Å². The molecular formula is C50H52N6. The molecule has 7 heterocycles. The number of rotatable bonds is 6. The van der Waals surface area contributed by atoms with Crippen LogP contribution in [0.2, 0.25) is 0 Å². The lowest BCUT2D eigenvalue weighted by atomic mass is 9.97. The molecule has 0 radical (unpaired) electrons. The topological polar surface area (TPSA) is 67.2 Å². The number of hydrogen-bond donors (Lipinski definition) is 2. The molecule has 5 aromatic heterocycles. The average molecular weight is 737 g/mol. The molecule has 0 atom stereocenters. The Morgan fingerprint density at radius 1 is 0.518 bits per heavy atom. The number of aromatic amines is 2. The molecule has 9 rings (SSSR count). The predicted octanol–water partition coefficient (Wildman–Crippen LogP) is 13.1. The minimum Gasteiger partial charge on any atom is -0.354 e. The Hall–Kier alpha value is -5.88. The highest BCUT2D eigenvalue weighted by Gasteiger charge is 2.27. The van der Waals surface area contributed by atoms with Gasteiger partial charge in [0.05, 0.1) is 45.2 Å². The summed E-state index contributed by atoms with van der Waals surface area (Å²) in [6.45, 7) is 18.2. The van der Waals surface area contributed by atoms with Crippen LogP contribution in [-0.2, 0) is 26.9 Å². The summed E-state index contributed by atoms with van der Waals surface area (Å²) in [7, 11) is 4.38. The number of hydrogen-bond acceptors (Lipinski definition) is 2. The number of nitrogens with zero attached hydrogens (tertiary/aromatic N) is 4. The molecular weight excluding hydrogens is 685 g/mol. The van der Waals surface area contributed by atoms with E-state index < -0.39 is 0 Å². The summed E-state index contributed by atoms with van der Waals surface area (Å²) in [5.74, 6) is 0. The summed E-state index contributed by atoms with van der Waals surface area (Å²) in [5.41, 5.74) is 25.8. The zero-order valence-corrected chi connectivity index (χ0v) is 34.5. The van der Waals surface area contributed by atoms with Gasteiger partial charge >= 0.3 is 0 Å². The second-order valence-corrected chi connectivity index (χ2v) is 15.7. The summed E-state index contributed by atoms with van der Waals surface area (Å²) in [5, 5.41) is 2.44. The van der Waals surface area contributed by atoms with E-state index in [1.54, 1.807) is 0 Å². The Morgan fingerprint density at radius 2 is 0.911 bits per heavy atom. The fourth-order valence-corrected chi connectivity index (χ4v) is 9.87. The van der Waals surface area contributed by atoms with E-state index in [4.69, 9.17) is 9.97 Å². The van der Waals surface area contributed by atoms with E-state index in [2.05, 4.69) is 161 Å². The standard InChI is InChI=1S/C50H52N6/c1-11-33-27(5)47-45(43-23-31-19-15-17-21-41(31)55(43)9)48-29(7)35(13-3)39(53-48)26-40-36(14-4)30(8)50(54-40)46(44-24-32-20-16-18-22-42(32)56(44)10)49-28(6)34(12-2)38(52-49)25-37(33)51-47/h15-26,51,54H,11-14H2,1-10H3. The fourth-order valence-electron chi connectivity index (χ4n) is 9.87. The van der Waals surface area contributed by atoms with E-state index in [1.807, 2.05) is 0 Å². The van der Waals surface area contributed by atoms with Gasteiger partial charge in [0.2, 0.25) is 0 Å². The van der Waals surface area contributed by atoms with Gasteiger partial charge in [-0.25, -0.2) is 9.97 Å². The number of fused-ring (bicyclic) bond motifs is 10. The van der Waals surface area contributed by atoms with Crippen molar-refractivity contribution in [2.24, 2.45) is 14.1 Å². The number of aromatic nitrogens is 6. The second-order valence-electron chi connectivity index (χ2n) is 15.7. The first-order valence-electron chi connectivity index (χ1n) is 20.4. The summed E-state index contributed by atoms with van der Waals surface area (Å²) in [4.78, 5) is 19.3. The van der Waals surface area contributed by atoms with Crippen LogP contribution in [0.25, 0.3) is 88.7 Å². The van der Waals surface area contributed by atoms with Crippen LogP contribution < -0.4 is 0 Å². The number of aryl methyl sites for hydroxylation is 6. The summed E-state index contributed by atoms with van der Waals surface area (Å²) < 4.78 is 4.68. The van der Waals surface area contributed by atoms with Gasteiger partial charge in [0.1, 0.15) is 0 Å². The molecule has 2 aliphatic rings. The maximum atomic E-state index is 5.64. The van der Waals surface area contributed by atoms with E-state index in [1.165, 1.54) is 66.4 Å². The number of H-pyrrole nitrogens is 2. The molecule has 8 bridgehead atoms. The van der Waals surface area contributed by atoms with Crippen molar-refractivity contribution in [3.63, 3.8) is 0 Å². The van der Waals surface area contributed by atoms with Crippen molar-refractivity contribution in [1.82, 2.24) is 29.1 Å². The van der Waals surface area contributed by atoms with E-state index in [9.17, 15) is 0 Å². The molecule has 2 N–H and O–H groups in total. The summed E-state index contributed by atoms with van der Waals surface area (Å²) >= 11 is 0. The molecule has 0 aliphatic carbocycles. The van der Waals surface area contributed by atoms with E-state index in [0.717, 1.165) is 93.0 Å². The highest BCUT2D eigenvalue weighted by atomic mass is 15.0. The van der Waals surface area contributed by atoms with Gasteiger partial charge in [-0.2, -0.15) is 0 Å². The Kier molecular flexibility index (Phi) is 8.57. The molecule has 2 aliphatic heterocycles. The third-order valence-electron chi connectivity index (χ3n) is 12.9. The molecule has 7 aromatic rings. The maximum Gasteiger partial charge on any atom is 0.0784 e. The van der Waals surface area contributed by atoms with Gasteiger partial charge < -0.3 is 19.1 Å². The summed E-state index contributed by atoms with van der Waals surface area (Å²) in [6.07, 6.45) is 3.56. The number of nitrogens with one attached hydrogen (secondary N) is 2. The van der Waals surface area contributed by atoms with E-state index in [-0.39, 0.29) is 0 Å². The first-order chi connectivity index (χ1) is 27.1. The molecule has 0 amide bonds. The third kappa shape index (κ3) is 5.14. The number of benzene rings is 2. The minimum atomic E-state index is 0.885. The van der Waals surface area contributed by atoms with Gasteiger partial charge in [-0.15, -0.1) is 0 Å². The lowest BCUT2D eigenvalue weighted by Gasteiger charge is -2.10. The SMILES string of the molecule is CCC1=C(C)c2nc1cc1[nH]c(c(C)c1CC)c(-c1cc3ccccc3n1C)c1nc(cc3[nH]c(c(C)c3CC)c2-c2cc3ccccc3n2C)C(CC)=C1C. The smallest absolute Gasteiger partial charge is 0.0784 e. The molecule has 0 unspecified atom stereocenters. The zero-order valence-electron chi connectivity index (χ0n) is 34.5. The molecule has 0 fully saturated rings. The molecule has 0 spiro atoms. The van der Waals surface area contributed by atoms with E-state index in [0.29, 0.717) is 0 Å². The van der Waals surface area contributed by atoms with Gasteiger partial charge in [-0.05, 0) is 134 Å². The van der Waals surface area contributed by atoms with Crippen molar-refractivity contribution in [3.8, 4) is 22.5 Å². The second kappa shape index (κ2) is 13.4. The molecule has 6 heteroatoms. The van der Waals surface area contributed by atoms with Gasteiger partial charge in [0.25, 0.3) is 0 Å². The maximum absolute atomic E-state index is 5.64. The molecule has 6 nitrogen and oxygen atoms in total. The largest absolute Gasteiger partial charge is 0.354 e. The first kappa shape index (κ1) is 35.8. The highest BCUT2D eigenvalue weighted by Crippen LogP contribution is 2.45. The normalized spacial score (nSPS) is 13.3.